The van der Waals surface area contributed by atoms with E-state index in [1.807, 2.05) is 0 Å². The highest BCUT2D eigenvalue weighted by Gasteiger charge is 2.07. The Labute approximate surface area is 118 Å². The number of nitrogens with one attached hydrogen (secondary N) is 1. The summed E-state index contributed by atoms with van der Waals surface area (Å²) in [6.07, 6.45) is 2.22. The molecule has 0 fully saturated rings. The maximum Gasteiger partial charge on any atom is 0.0366 e. The van der Waals surface area contributed by atoms with E-state index < -0.39 is 0 Å². The molecule has 1 atom stereocenters. The Hall–Kier alpha value is -1.06. The summed E-state index contributed by atoms with van der Waals surface area (Å²) in [6, 6.07) is 9.50. The van der Waals surface area contributed by atoms with Gasteiger partial charge in [-0.15, -0.1) is 0 Å². The summed E-state index contributed by atoms with van der Waals surface area (Å²) in [4.78, 5) is 2.37. The van der Waals surface area contributed by atoms with Crippen molar-refractivity contribution in [2.75, 3.05) is 31.1 Å². The molecule has 0 spiro atoms. The molecule has 0 radical (unpaired) electrons. The van der Waals surface area contributed by atoms with E-state index >= 15 is 0 Å². The molecule has 1 aromatic rings. The van der Waals surface area contributed by atoms with Gasteiger partial charge in [0, 0.05) is 37.9 Å². The second-order valence-corrected chi connectivity index (χ2v) is 4.89. The van der Waals surface area contributed by atoms with E-state index in [9.17, 15) is 0 Å². The molecule has 1 unspecified atom stereocenters. The Morgan fingerprint density at radius 2 is 1.74 bits per heavy atom. The molecule has 1 rings (SSSR count). The molecule has 3 heteroatoms. The van der Waals surface area contributed by atoms with Crippen LogP contribution in [0.5, 0.6) is 0 Å². The van der Waals surface area contributed by atoms with Gasteiger partial charge in [0.2, 0.25) is 0 Å². The van der Waals surface area contributed by atoms with Crippen molar-refractivity contribution in [2.45, 2.75) is 39.7 Å². The van der Waals surface area contributed by atoms with Crippen molar-refractivity contribution in [3.63, 3.8) is 0 Å². The van der Waals surface area contributed by atoms with Gasteiger partial charge in [0.05, 0.1) is 0 Å². The molecule has 108 valence electrons. The minimum atomic E-state index is 0.530. The van der Waals surface area contributed by atoms with Crippen molar-refractivity contribution in [3.05, 3.63) is 29.8 Å². The fourth-order valence-corrected chi connectivity index (χ4v) is 2.36. The van der Waals surface area contributed by atoms with Gasteiger partial charge in [-0.1, -0.05) is 19.1 Å². The molecule has 0 saturated carbocycles. The van der Waals surface area contributed by atoms with E-state index in [1.165, 1.54) is 11.3 Å². The average molecular weight is 263 g/mol. The van der Waals surface area contributed by atoms with E-state index in [2.05, 4.69) is 55.3 Å². The van der Waals surface area contributed by atoms with Crippen molar-refractivity contribution in [1.29, 1.82) is 0 Å². The Bertz CT molecular complexity index is 330. The predicted octanol–water partition coefficient (Wildman–Crippen LogP) is 2.40. The summed E-state index contributed by atoms with van der Waals surface area (Å²) in [5, 5.41) is 3.49. The van der Waals surface area contributed by atoms with E-state index in [0.29, 0.717) is 12.6 Å². The van der Waals surface area contributed by atoms with Gasteiger partial charge in [-0.05, 0) is 44.4 Å². The Morgan fingerprint density at radius 3 is 2.21 bits per heavy atom. The fourth-order valence-electron chi connectivity index (χ4n) is 2.36. The zero-order valence-corrected chi connectivity index (χ0v) is 12.7. The summed E-state index contributed by atoms with van der Waals surface area (Å²) in [6.45, 7) is 10.3. The standard InChI is InChI=1S/C16H29N3/c1-4-15(18-12-11-17)13-14-7-9-16(10-8-14)19(5-2)6-3/h7-10,15,18H,4-6,11-13,17H2,1-3H3. The highest BCUT2D eigenvalue weighted by Crippen LogP contribution is 2.16. The molecular weight excluding hydrogens is 234 g/mol. The van der Waals surface area contributed by atoms with Crippen LogP contribution in [-0.2, 0) is 6.42 Å². The Morgan fingerprint density at radius 1 is 1.11 bits per heavy atom. The van der Waals surface area contributed by atoms with Crippen LogP contribution in [0.3, 0.4) is 0 Å². The number of nitrogens with two attached hydrogens (primary N) is 1. The van der Waals surface area contributed by atoms with Crippen molar-refractivity contribution in [3.8, 4) is 0 Å². The maximum atomic E-state index is 5.54. The minimum Gasteiger partial charge on any atom is -0.372 e. The second-order valence-electron chi connectivity index (χ2n) is 4.89. The normalized spacial score (nSPS) is 12.4. The number of nitrogens with zero attached hydrogens (tertiary/aromatic N) is 1. The van der Waals surface area contributed by atoms with Crippen LogP contribution in [0.15, 0.2) is 24.3 Å². The predicted molar refractivity (Wildman–Crippen MR) is 84.8 cm³/mol. The molecule has 1 aromatic carbocycles. The van der Waals surface area contributed by atoms with Crippen LogP contribution in [0.25, 0.3) is 0 Å². The first kappa shape index (κ1) is 16.0. The first-order chi connectivity index (χ1) is 9.24. The molecule has 0 saturated heterocycles. The van der Waals surface area contributed by atoms with Crippen LogP contribution in [-0.4, -0.2) is 32.2 Å². The number of anilines is 1. The molecule has 3 nitrogen and oxygen atoms in total. The lowest BCUT2D eigenvalue weighted by molar-refractivity contribution is 0.502. The third-order valence-corrected chi connectivity index (χ3v) is 3.62. The highest BCUT2D eigenvalue weighted by molar-refractivity contribution is 5.47. The van der Waals surface area contributed by atoms with Crippen molar-refractivity contribution >= 4 is 5.69 Å². The molecule has 0 aromatic heterocycles. The van der Waals surface area contributed by atoms with Crippen LogP contribution < -0.4 is 16.0 Å². The molecular formula is C16H29N3. The van der Waals surface area contributed by atoms with Crippen molar-refractivity contribution in [2.24, 2.45) is 5.73 Å². The van der Waals surface area contributed by atoms with Crippen LogP contribution in [0.2, 0.25) is 0 Å². The molecule has 3 N–H and O–H groups in total. The van der Waals surface area contributed by atoms with Crippen LogP contribution in [0.1, 0.15) is 32.8 Å². The molecule has 0 amide bonds. The molecule has 0 bridgehead atoms. The van der Waals surface area contributed by atoms with E-state index in [1.54, 1.807) is 0 Å². The molecule has 0 heterocycles. The van der Waals surface area contributed by atoms with Gasteiger partial charge in [0.25, 0.3) is 0 Å². The largest absolute Gasteiger partial charge is 0.372 e. The maximum absolute atomic E-state index is 5.54. The van der Waals surface area contributed by atoms with Gasteiger partial charge in [-0.25, -0.2) is 0 Å². The molecule has 0 aliphatic rings. The number of rotatable bonds is 9. The Balaban J connectivity index is 2.60. The van der Waals surface area contributed by atoms with E-state index in [4.69, 9.17) is 5.73 Å². The monoisotopic (exact) mass is 263 g/mol. The molecule has 0 aliphatic carbocycles. The Kier molecular flexibility index (Phi) is 7.53. The third-order valence-electron chi connectivity index (χ3n) is 3.62. The average Bonchev–Trinajstić information content (AvgIpc) is 2.46. The molecule has 19 heavy (non-hydrogen) atoms. The van der Waals surface area contributed by atoms with Crippen LogP contribution in [0, 0.1) is 0 Å². The van der Waals surface area contributed by atoms with Gasteiger partial charge in [-0.2, -0.15) is 0 Å². The summed E-state index contributed by atoms with van der Waals surface area (Å²) in [7, 11) is 0. The smallest absolute Gasteiger partial charge is 0.0366 e. The van der Waals surface area contributed by atoms with Gasteiger partial charge in [0.15, 0.2) is 0 Å². The molecule has 0 aliphatic heterocycles. The fraction of sp³-hybridized carbons (Fsp3) is 0.625. The number of benzene rings is 1. The van der Waals surface area contributed by atoms with Gasteiger partial charge < -0.3 is 16.0 Å². The summed E-state index contributed by atoms with van der Waals surface area (Å²) >= 11 is 0. The van der Waals surface area contributed by atoms with Crippen LogP contribution >= 0.6 is 0 Å². The lowest BCUT2D eigenvalue weighted by Gasteiger charge is -2.22. The zero-order valence-electron chi connectivity index (χ0n) is 12.7. The van der Waals surface area contributed by atoms with E-state index in [-0.39, 0.29) is 0 Å². The topological polar surface area (TPSA) is 41.3 Å². The van der Waals surface area contributed by atoms with Crippen molar-refractivity contribution in [1.82, 2.24) is 5.32 Å². The minimum absolute atomic E-state index is 0.530. The summed E-state index contributed by atoms with van der Waals surface area (Å²) < 4.78 is 0. The zero-order chi connectivity index (χ0) is 14.1. The van der Waals surface area contributed by atoms with Crippen molar-refractivity contribution < 1.29 is 0 Å². The third kappa shape index (κ3) is 5.21. The first-order valence-electron chi connectivity index (χ1n) is 7.52. The summed E-state index contributed by atoms with van der Waals surface area (Å²) in [5.41, 5.74) is 8.25. The lowest BCUT2D eigenvalue weighted by atomic mass is 10.0. The number of hydrogen-bond acceptors (Lipinski definition) is 3. The van der Waals surface area contributed by atoms with Gasteiger partial charge in [-0.3, -0.25) is 0 Å². The summed E-state index contributed by atoms with van der Waals surface area (Å²) in [5.74, 6) is 0. The SMILES string of the molecule is CCC(Cc1ccc(N(CC)CC)cc1)NCCN. The van der Waals surface area contributed by atoms with Gasteiger partial charge >= 0.3 is 0 Å². The first-order valence-corrected chi connectivity index (χ1v) is 7.52. The van der Waals surface area contributed by atoms with Gasteiger partial charge in [0.1, 0.15) is 0 Å². The second kappa shape index (κ2) is 8.94. The highest BCUT2D eigenvalue weighted by atomic mass is 15.1. The lowest BCUT2D eigenvalue weighted by Crippen LogP contribution is -2.34. The van der Waals surface area contributed by atoms with Crippen LogP contribution in [0.4, 0.5) is 5.69 Å². The quantitative estimate of drug-likeness (QED) is 0.719. The van der Waals surface area contributed by atoms with E-state index in [0.717, 1.165) is 32.5 Å². The number of hydrogen-bond donors (Lipinski definition) is 2.